The van der Waals surface area contributed by atoms with Crippen LogP contribution in [0.25, 0.3) is 16.7 Å². The van der Waals surface area contributed by atoms with Crippen LogP contribution in [0.1, 0.15) is 18.7 Å². The molecule has 4 aromatic rings. The number of nitrogens with zero attached hydrogens (tertiary/aromatic N) is 4. The predicted molar refractivity (Wildman–Crippen MR) is 94.3 cm³/mol. The molecule has 0 radical (unpaired) electrons. The van der Waals surface area contributed by atoms with E-state index in [9.17, 15) is 4.79 Å². The summed E-state index contributed by atoms with van der Waals surface area (Å²) in [7, 11) is 0. The molecule has 0 fully saturated rings. The van der Waals surface area contributed by atoms with Crippen LogP contribution < -0.4 is 5.32 Å². The van der Waals surface area contributed by atoms with Crippen LogP contribution in [-0.4, -0.2) is 31.2 Å². The van der Waals surface area contributed by atoms with Gasteiger partial charge in [-0.2, -0.15) is 4.98 Å². The molecule has 1 atom stereocenters. The number of amides is 1. The first-order valence-electron chi connectivity index (χ1n) is 7.77. The highest BCUT2D eigenvalue weighted by Crippen LogP contribution is 2.23. The fourth-order valence-corrected chi connectivity index (χ4v) is 3.11. The number of hydrogen-bond acceptors (Lipinski definition) is 6. The van der Waals surface area contributed by atoms with Gasteiger partial charge < -0.3 is 9.73 Å². The molecule has 3 aromatic heterocycles. The molecule has 3 heterocycles. The summed E-state index contributed by atoms with van der Waals surface area (Å²) < 4.78 is 7.36. The molecular formula is C17H15N5O2S. The number of hydrogen-bond donors (Lipinski definition) is 1. The van der Waals surface area contributed by atoms with Gasteiger partial charge in [-0.25, -0.2) is 9.50 Å². The number of para-hydroxylation sites is 1. The summed E-state index contributed by atoms with van der Waals surface area (Å²) in [6.45, 7) is 1.90. The zero-order valence-corrected chi connectivity index (χ0v) is 14.2. The lowest BCUT2D eigenvalue weighted by Gasteiger charge is -2.10. The van der Waals surface area contributed by atoms with Gasteiger partial charge in [0.1, 0.15) is 11.3 Å². The zero-order valence-electron chi connectivity index (χ0n) is 13.4. The summed E-state index contributed by atoms with van der Waals surface area (Å²) in [5, 5.41) is 8.73. The molecule has 0 aliphatic carbocycles. The maximum atomic E-state index is 12.2. The van der Waals surface area contributed by atoms with Gasteiger partial charge in [0.25, 0.3) is 5.78 Å². The lowest BCUT2D eigenvalue weighted by Crippen LogP contribution is -2.27. The fourth-order valence-electron chi connectivity index (χ4n) is 2.48. The second-order valence-electron chi connectivity index (χ2n) is 5.52. The first-order chi connectivity index (χ1) is 12.2. The largest absolute Gasteiger partial charge is 0.459 e. The summed E-state index contributed by atoms with van der Waals surface area (Å²) >= 11 is 1.27. The second-order valence-corrected chi connectivity index (χ2v) is 6.47. The summed E-state index contributed by atoms with van der Waals surface area (Å²) in [5.74, 6) is 1.36. The van der Waals surface area contributed by atoms with Gasteiger partial charge in [0.05, 0.1) is 11.8 Å². The number of furan rings is 1. The maximum absolute atomic E-state index is 12.2. The quantitative estimate of drug-likeness (QED) is 0.555. The van der Waals surface area contributed by atoms with E-state index in [4.69, 9.17) is 4.42 Å². The average molecular weight is 353 g/mol. The Morgan fingerprint density at radius 2 is 2.24 bits per heavy atom. The molecule has 25 heavy (non-hydrogen) atoms. The minimum Gasteiger partial charge on any atom is -0.459 e. The minimum absolute atomic E-state index is 0.107. The number of nitrogens with one attached hydrogen (secondary N) is 1. The Bertz CT molecular complexity index is 976. The Morgan fingerprint density at radius 3 is 3.08 bits per heavy atom. The Hall–Kier alpha value is -2.87. The molecule has 1 N–H and O–H groups in total. The van der Waals surface area contributed by atoms with E-state index < -0.39 is 0 Å². The lowest BCUT2D eigenvalue weighted by atomic mass is 10.2. The van der Waals surface area contributed by atoms with Gasteiger partial charge >= 0.3 is 0 Å². The molecule has 4 rings (SSSR count). The van der Waals surface area contributed by atoms with Crippen molar-refractivity contribution in [2.24, 2.45) is 0 Å². The first-order valence-corrected chi connectivity index (χ1v) is 8.75. The summed E-state index contributed by atoms with van der Waals surface area (Å²) in [6, 6.07) is 11.3. The summed E-state index contributed by atoms with van der Waals surface area (Å²) in [6.07, 6.45) is 3.42. The van der Waals surface area contributed by atoms with Gasteiger partial charge in [-0.1, -0.05) is 30.0 Å². The van der Waals surface area contributed by atoms with Crippen molar-refractivity contribution in [3.05, 3.63) is 54.6 Å². The second kappa shape index (κ2) is 6.56. The van der Waals surface area contributed by atoms with Gasteiger partial charge in [-0.15, -0.1) is 5.10 Å². The molecule has 7 nitrogen and oxygen atoms in total. The van der Waals surface area contributed by atoms with Gasteiger partial charge in [-0.05, 0) is 25.1 Å². The van der Waals surface area contributed by atoms with Crippen molar-refractivity contribution in [2.75, 3.05) is 5.75 Å². The van der Waals surface area contributed by atoms with E-state index in [-0.39, 0.29) is 17.7 Å². The first kappa shape index (κ1) is 15.6. The van der Waals surface area contributed by atoms with E-state index in [0.29, 0.717) is 10.9 Å². The molecule has 0 aliphatic rings. The molecule has 0 unspecified atom stereocenters. The highest BCUT2D eigenvalue weighted by Gasteiger charge is 2.15. The van der Waals surface area contributed by atoms with Gasteiger partial charge in [0.2, 0.25) is 11.1 Å². The topological polar surface area (TPSA) is 85.3 Å². The van der Waals surface area contributed by atoms with E-state index >= 15 is 0 Å². The van der Waals surface area contributed by atoms with Crippen LogP contribution >= 0.6 is 11.8 Å². The van der Waals surface area contributed by atoms with Crippen LogP contribution in [0.5, 0.6) is 0 Å². The molecule has 0 saturated heterocycles. The molecule has 0 saturated carbocycles. The number of rotatable bonds is 5. The third kappa shape index (κ3) is 3.34. The monoisotopic (exact) mass is 353 g/mol. The van der Waals surface area contributed by atoms with Crippen LogP contribution in [0.15, 0.2) is 58.4 Å². The predicted octanol–water partition coefficient (Wildman–Crippen LogP) is 2.84. The molecule has 126 valence electrons. The van der Waals surface area contributed by atoms with Crippen LogP contribution in [0.3, 0.4) is 0 Å². The smallest absolute Gasteiger partial charge is 0.253 e. The summed E-state index contributed by atoms with van der Waals surface area (Å²) in [4.78, 5) is 20.5. The van der Waals surface area contributed by atoms with Crippen LogP contribution in [-0.2, 0) is 4.79 Å². The number of thioether (sulfide) groups is 1. The van der Waals surface area contributed by atoms with E-state index in [2.05, 4.69) is 20.4 Å². The standard InChI is InChI=1S/C17H15N5O2S/c1-11(14-9-12-5-2-3-6-13(12)24-14)19-15(23)10-25-17-20-16-18-7-4-8-22(16)21-17/h2-9,11H,10H2,1H3,(H,19,23)/t11-/m1/s1. The van der Waals surface area contributed by atoms with Crippen molar-refractivity contribution in [3.8, 4) is 0 Å². The molecule has 0 aliphatic heterocycles. The Morgan fingerprint density at radius 1 is 1.36 bits per heavy atom. The fraction of sp³-hybridized carbons (Fsp3) is 0.176. The molecule has 0 spiro atoms. The third-order valence-electron chi connectivity index (χ3n) is 3.68. The van der Waals surface area contributed by atoms with Crippen molar-refractivity contribution < 1.29 is 9.21 Å². The Kier molecular flexibility index (Phi) is 4.10. The maximum Gasteiger partial charge on any atom is 0.253 e. The average Bonchev–Trinajstić information content (AvgIpc) is 3.23. The molecule has 0 bridgehead atoms. The third-order valence-corrected chi connectivity index (χ3v) is 4.52. The Labute approximate surface area is 147 Å². The van der Waals surface area contributed by atoms with Crippen LogP contribution in [0, 0.1) is 0 Å². The Balaban J connectivity index is 1.37. The number of fused-ring (bicyclic) bond motifs is 2. The van der Waals surface area contributed by atoms with Crippen molar-refractivity contribution >= 4 is 34.4 Å². The SMILES string of the molecule is C[C@@H](NC(=O)CSc1nc2ncccn2n1)c1cc2ccccc2o1. The zero-order chi connectivity index (χ0) is 17.2. The minimum atomic E-state index is -0.212. The number of aromatic nitrogens is 4. The van der Waals surface area contributed by atoms with Crippen molar-refractivity contribution in [1.82, 2.24) is 24.9 Å². The highest BCUT2D eigenvalue weighted by molar-refractivity contribution is 7.99. The van der Waals surface area contributed by atoms with E-state index in [1.54, 1.807) is 23.0 Å². The highest BCUT2D eigenvalue weighted by atomic mass is 32.2. The normalized spacial score (nSPS) is 12.5. The molecule has 8 heteroatoms. The van der Waals surface area contributed by atoms with E-state index in [1.165, 1.54) is 11.8 Å². The molecular weight excluding hydrogens is 338 g/mol. The number of benzene rings is 1. The van der Waals surface area contributed by atoms with Crippen molar-refractivity contribution in [1.29, 1.82) is 0 Å². The van der Waals surface area contributed by atoms with E-state index in [0.717, 1.165) is 16.7 Å². The van der Waals surface area contributed by atoms with E-state index in [1.807, 2.05) is 37.3 Å². The lowest BCUT2D eigenvalue weighted by molar-refractivity contribution is -0.119. The molecule has 1 aromatic carbocycles. The van der Waals surface area contributed by atoms with Crippen molar-refractivity contribution in [2.45, 2.75) is 18.1 Å². The number of carbonyl (C=O) groups excluding carboxylic acids is 1. The molecule has 1 amide bonds. The van der Waals surface area contributed by atoms with Crippen LogP contribution in [0.4, 0.5) is 0 Å². The van der Waals surface area contributed by atoms with Gasteiger partial charge in [0.15, 0.2) is 0 Å². The van der Waals surface area contributed by atoms with Crippen molar-refractivity contribution in [3.63, 3.8) is 0 Å². The van der Waals surface area contributed by atoms with Crippen LogP contribution in [0.2, 0.25) is 0 Å². The summed E-state index contributed by atoms with van der Waals surface area (Å²) in [5.41, 5.74) is 0.814. The van der Waals surface area contributed by atoms with Gasteiger partial charge in [0, 0.05) is 17.8 Å². The number of carbonyl (C=O) groups is 1. The van der Waals surface area contributed by atoms with Gasteiger partial charge in [-0.3, -0.25) is 4.79 Å².